The van der Waals surface area contributed by atoms with Gasteiger partial charge >= 0.3 is 12.1 Å². The van der Waals surface area contributed by atoms with Crippen molar-refractivity contribution in [1.82, 2.24) is 19.6 Å². The third kappa shape index (κ3) is 8.07. The molecule has 2 radical (unpaired) electrons. The summed E-state index contributed by atoms with van der Waals surface area (Å²) in [5.41, 5.74) is 3.09. The third-order valence-corrected chi connectivity index (χ3v) is 12.0. The summed E-state index contributed by atoms with van der Waals surface area (Å²) in [7, 11) is 3.06. The molecule has 2 aromatic carbocycles. The average molecular weight is 690 g/mol. The van der Waals surface area contributed by atoms with Crippen LogP contribution >= 0.6 is 0 Å². The molecule has 0 saturated carbocycles. The third-order valence-electron chi connectivity index (χ3n) is 10.4. The highest BCUT2D eigenvalue weighted by Gasteiger charge is 2.37. The Morgan fingerprint density at radius 2 is 1.63 bits per heavy atom. The predicted molar refractivity (Wildman–Crippen MR) is 188 cm³/mol. The quantitative estimate of drug-likeness (QED) is 0.422. The van der Waals surface area contributed by atoms with Crippen LogP contribution in [-0.4, -0.2) is 135 Å². The summed E-state index contributed by atoms with van der Waals surface area (Å²) in [6, 6.07) is 11.1. The number of piperidine rings is 2. The lowest BCUT2D eigenvalue weighted by Gasteiger charge is -2.41. The molecule has 3 fully saturated rings. The smallest absolute Gasteiger partial charge is 0.410 e. The minimum absolute atomic E-state index is 0.0330. The molecule has 0 spiro atoms. The number of carbonyl (C=O) groups excluding carboxylic acids is 3. The summed E-state index contributed by atoms with van der Waals surface area (Å²) in [6.45, 7) is 7.01. The molecule has 2 N–H and O–H groups in total. The van der Waals surface area contributed by atoms with Crippen LogP contribution < -0.4 is 10.8 Å². The largest absolute Gasteiger partial charge is 0.508 e. The molecule has 6 rings (SSSR count). The number of rotatable bonds is 7. The highest BCUT2D eigenvalue weighted by atomic mass is 32.2. The van der Waals surface area contributed by atoms with Crippen LogP contribution in [0.2, 0.25) is 0 Å². The zero-order valence-corrected chi connectivity index (χ0v) is 28.6. The second-order valence-corrected chi connectivity index (χ2v) is 15.7. The van der Waals surface area contributed by atoms with Crippen LogP contribution in [0.5, 0.6) is 5.75 Å². The van der Waals surface area contributed by atoms with Gasteiger partial charge < -0.3 is 29.9 Å². The first kappa shape index (κ1) is 34.8. The molecule has 2 aromatic rings. The van der Waals surface area contributed by atoms with Crippen molar-refractivity contribution in [2.45, 2.75) is 56.7 Å². The van der Waals surface area contributed by atoms with Crippen LogP contribution in [0, 0.1) is 0 Å². The molecule has 4 amide bonds. The van der Waals surface area contributed by atoms with Crippen LogP contribution in [0.3, 0.4) is 0 Å². The molecule has 0 unspecified atom stereocenters. The van der Waals surface area contributed by atoms with Gasteiger partial charge in [-0.25, -0.2) is 18.0 Å². The molecule has 260 valence electrons. The number of fused-ring (bicyclic) bond motifs is 1. The van der Waals surface area contributed by atoms with Crippen molar-refractivity contribution in [2.75, 3.05) is 62.6 Å². The number of likely N-dealkylation sites (tertiary alicyclic amines) is 2. The number of benzene rings is 2. The van der Waals surface area contributed by atoms with Crippen LogP contribution in [0.25, 0.3) is 6.08 Å². The van der Waals surface area contributed by atoms with E-state index in [0.717, 1.165) is 17.7 Å². The van der Waals surface area contributed by atoms with E-state index in [-0.39, 0.29) is 53.2 Å². The minimum atomic E-state index is -2.98. The Morgan fingerprint density at radius 1 is 0.980 bits per heavy atom. The number of phenols is 1. The first-order valence-electron chi connectivity index (χ1n) is 17.1. The van der Waals surface area contributed by atoms with Gasteiger partial charge in [-0.3, -0.25) is 9.69 Å². The van der Waals surface area contributed by atoms with Gasteiger partial charge in [-0.15, -0.1) is 0 Å². The van der Waals surface area contributed by atoms with Crippen molar-refractivity contribution in [2.24, 2.45) is 0 Å². The van der Waals surface area contributed by atoms with E-state index in [2.05, 4.69) is 16.8 Å². The molecule has 49 heavy (non-hydrogen) atoms. The van der Waals surface area contributed by atoms with Crippen molar-refractivity contribution in [3.63, 3.8) is 0 Å². The summed E-state index contributed by atoms with van der Waals surface area (Å²) < 4.78 is 29.8. The van der Waals surface area contributed by atoms with Crippen molar-refractivity contribution < 1.29 is 32.6 Å². The lowest BCUT2D eigenvalue weighted by molar-refractivity contribution is -0.142. The van der Waals surface area contributed by atoms with Crippen molar-refractivity contribution in [1.29, 1.82) is 0 Å². The lowest BCUT2D eigenvalue weighted by Crippen LogP contribution is -2.54. The molecule has 14 heteroatoms. The van der Waals surface area contributed by atoms with E-state index < -0.39 is 22.0 Å². The first-order chi connectivity index (χ1) is 23.5. The maximum Gasteiger partial charge on any atom is 0.410 e. The van der Waals surface area contributed by atoms with E-state index in [1.807, 2.05) is 29.2 Å². The van der Waals surface area contributed by atoms with E-state index >= 15 is 0 Å². The number of phenolic OH excluding ortho intramolecular Hbond substituents is 1. The van der Waals surface area contributed by atoms with Gasteiger partial charge in [0.05, 0.1) is 11.5 Å². The van der Waals surface area contributed by atoms with Gasteiger partial charge in [-0.1, -0.05) is 42.4 Å². The number of para-hydroxylation sites is 1. The van der Waals surface area contributed by atoms with Crippen LogP contribution in [0.1, 0.15) is 42.4 Å². The molecule has 0 bridgehead atoms. The van der Waals surface area contributed by atoms with E-state index in [4.69, 9.17) is 12.6 Å². The Bertz CT molecular complexity index is 1670. The second-order valence-electron chi connectivity index (χ2n) is 13.4. The molecular formula is C35H44BN5O7S. The number of ether oxygens (including phenoxy) is 1. The topological polar surface area (TPSA) is 140 Å². The predicted octanol–water partition coefficient (Wildman–Crippen LogP) is 2.15. The fraction of sp³-hybridized carbons (Fsp3) is 0.514. The standard InChI is InChI=1S/C35H44BN5O7S/c1-2-25-21-24(22-29(36)32(25)42)23-31(33(43)39-12-8-27(9-13-39)38-17-19-49(46,47)20-18-38)48-35(45)40-14-10-28(11-15-40)41-16-7-26-5-3-4-6-30(26)37-34(41)44/h2-6,21-22,27-28,31,42H,1,7-20,23H2,(H,37,44)/t31-/m1/s1. The number of sulfone groups is 1. The number of nitrogens with zero attached hydrogens (tertiary/aromatic N) is 4. The highest BCUT2D eigenvalue weighted by molar-refractivity contribution is 7.91. The first-order valence-corrected chi connectivity index (χ1v) is 18.9. The summed E-state index contributed by atoms with van der Waals surface area (Å²) in [5.74, 6) is -0.0984. The van der Waals surface area contributed by atoms with Crippen molar-refractivity contribution in [3.05, 3.63) is 59.7 Å². The molecule has 4 aliphatic heterocycles. The zero-order valence-electron chi connectivity index (χ0n) is 27.8. The molecule has 0 aliphatic carbocycles. The Balaban J connectivity index is 1.10. The molecule has 12 nitrogen and oxygen atoms in total. The summed E-state index contributed by atoms with van der Waals surface area (Å²) >= 11 is 0. The fourth-order valence-corrected chi connectivity index (χ4v) is 8.68. The number of carbonyl (C=O) groups is 3. The SMILES string of the molecule is [B]c1cc(C[C@@H](OC(=O)N2CCC(N3CCc4ccccc4NC3=O)CC2)C(=O)N2CCC(N3CCS(=O)(=O)CC3)CC2)cc(C=C)c1O. The van der Waals surface area contributed by atoms with Crippen LogP contribution in [0.15, 0.2) is 43.0 Å². The number of anilines is 1. The van der Waals surface area contributed by atoms with Crippen LogP contribution in [-0.2, 0) is 32.2 Å². The number of hydrogen-bond donors (Lipinski definition) is 2. The average Bonchev–Trinajstić information content (AvgIpc) is 3.27. The molecule has 4 heterocycles. The second kappa shape index (κ2) is 14.8. The maximum absolute atomic E-state index is 14.0. The van der Waals surface area contributed by atoms with E-state index in [1.165, 1.54) is 6.08 Å². The summed E-state index contributed by atoms with van der Waals surface area (Å²) in [5, 5.41) is 13.3. The number of amides is 4. The lowest BCUT2D eigenvalue weighted by atomic mass is 9.89. The van der Waals surface area contributed by atoms with Crippen molar-refractivity contribution in [3.8, 4) is 5.75 Å². The molecule has 4 aliphatic rings. The van der Waals surface area contributed by atoms with Gasteiger partial charge in [-0.05, 0) is 55.4 Å². The van der Waals surface area contributed by atoms with Gasteiger partial charge in [0.1, 0.15) is 13.6 Å². The normalized spacial score (nSPS) is 21.3. The van der Waals surface area contributed by atoms with Gasteiger partial charge in [0.2, 0.25) is 0 Å². The molecule has 0 aromatic heterocycles. The van der Waals surface area contributed by atoms with Gasteiger partial charge in [0.25, 0.3) is 5.91 Å². The van der Waals surface area contributed by atoms with E-state index in [9.17, 15) is 27.9 Å². The maximum atomic E-state index is 14.0. The molecular weight excluding hydrogens is 645 g/mol. The minimum Gasteiger partial charge on any atom is -0.508 e. The number of urea groups is 1. The number of nitrogens with one attached hydrogen (secondary N) is 1. The Hall–Kier alpha value is -4.04. The number of aromatic hydroxyl groups is 1. The number of hydrogen-bond acceptors (Lipinski definition) is 8. The van der Waals surface area contributed by atoms with Gasteiger partial charge in [-0.2, -0.15) is 0 Å². The van der Waals surface area contributed by atoms with Gasteiger partial charge in [0.15, 0.2) is 15.9 Å². The monoisotopic (exact) mass is 689 g/mol. The fourth-order valence-electron chi connectivity index (χ4n) is 7.45. The Morgan fingerprint density at radius 3 is 2.33 bits per heavy atom. The van der Waals surface area contributed by atoms with Crippen LogP contribution in [0.4, 0.5) is 15.3 Å². The summed E-state index contributed by atoms with van der Waals surface area (Å²) in [6.07, 6.45) is 3.12. The van der Waals surface area contributed by atoms with E-state index in [0.29, 0.717) is 82.6 Å². The Labute approximate surface area is 289 Å². The molecule has 3 saturated heterocycles. The highest BCUT2D eigenvalue weighted by Crippen LogP contribution is 2.26. The van der Waals surface area contributed by atoms with Crippen molar-refractivity contribution >= 4 is 52.9 Å². The van der Waals surface area contributed by atoms with Gasteiger partial charge in [0, 0.05) is 75.6 Å². The van der Waals surface area contributed by atoms with E-state index in [1.54, 1.807) is 21.9 Å². The zero-order chi connectivity index (χ0) is 34.7. The molecule has 1 atom stereocenters. The Kier molecular flexibility index (Phi) is 10.5. The summed E-state index contributed by atoms with van der Waals surface area (Å²) in [4.78, 5) is 48.0.